The normalized spacial score (nSPS) is 50.2. The molecule has 2 saturated carbocycles. The Kier molecular flexibility index (Phi) is 6.71. The van der Waals surface area contributed by atoms with Gasteiger partial charge >= 0.3 is 0 Å². The van der Waals surface area contributed by atoms with Gasteiger partial charge in [-0.2, -0.15) is 0 Å². The first-order valence-electron chi connectivity index (χ1n) is 12.3. The van der Waals surface area contributed by atoms with Crippen LogP contribution in [0.25, 0.3) is 0 Å². The molecule has 3 fully saturated rings. The molecule has 186 valence electrons. The number of aliphatic hydroxyl groups excluding tert-OH is 4. The summed E-state index contributed by atoms with van der Waals surface area (Å²) in [6.45, 7) is 10.1. The minimum absolute atomic E-state index is 0.0199. The van der Waals surface area contributed by atoms with Crippen molar-refractivity contribution in [1.82, 2.24) is 0 Å². The van der Waals surface area contributed by atoms with Crippen LogP contribution in [0.5, 0.6) is 0 Å². The van der Waals surface area contributed by atoms with E-state index in [0.29, 0.717) is 12.3 Å². The van der Waals surface area contributed by atoms with E-state index in [1.807, 2.05) is 6.92 Å². The molecule has 4 rings (SSSR count). The van der Waals surface area contributed by atoms with Crippen molar-refractivity contribution in [3.05, 3.63) is 24.3 Å². The maximum Gasteiger partial charge on any atom is 0.186 e. The number of ether oxygens (including phenoxy) is 2. The van der Waals surface area contributed by atoms with Crippen LogP contribution in [0.15, 0.2) is 24.3 Å². The van der Waals surface area contributed by atoms with E-state index in [1.54, 1.807) is 0 Å². The molecular weight excluding hydrogens is 424 g/mol. The Balaban J connectivity index is 1.55. The smallest absolute Gasteiger partial charge is 0.186 e. The van der Waals surface area contributed by atoms with Crippen molar-refractivity contribution < 1.29 is 34.7 Å². The number of rotatable bonds is 5. The molecule has 7 heteroatoms. The number of carbonyl (C=O) groups excluding carboxylic acids is 1. The number of hydrogen-bond donors (Lipinski definition) is 4. The predicted octanol–water partition coefficient (Wildman–Crippen LogP) is 2.12. The summed E-state index contributed by atoms with van der Waals surface area (Å²) in [4.78, 5) is 13.3. The topological polar surface area (TPSA) is 116 Å². The van der Waals surface area contributed by atoms with Gasteiger partial charge in [0, 0.05) is 6.42 Å². The summed E-state index contributed by atoms with van der Waals surface area (Å²) in [5, 5.41) is 39.9. The Morgan fingerprint density at radius 3 is 2.58 bits per heavy atom. The first kappa shape index (κ1) is 25.0. The van der Waals surface area contributed by atoms with E-state index in [-0.39, 0.29) is 29.1 Å². The third-order valence-electron chi connectivity index (χ3n) is 9.45. The van der Waals surface area contributed by atoms with E-state index < -0.39 is 42.7 Å². The Morgan fingerprint density at radius 1 is 1.18 bits per heavy atom. The Morgan fingerprint density at radius 2 is 1.91 bits per heavy atom. The lowest BCUT2D eigenvalue weighted by Gasteiger charge is -2.59. The van der Waals surface area contributed by atoms with Gasteiger partial charge < -0.3 is 29.9 Å². The van der Waals surface area contributed by atoms with E-state index in [2.05, 4.69) is 32.6 Å². The van der Waals surface area contributed by atoms with Gasteiger partial charge in [-0.15, -0.1) is 6.58 Å². The van der Waals surface area contributed by atoms with E-state index in [0.717, 1.165) is 32.1 Å². The van der Waals surface area contributed by atoms with Crippen LogP contribution in [0, 0.1) is 28.1 Å². The van der Waals surface area contributed by atoms with Crippen LogP contribution in [0.2, 0.25) is 0 Å². The molecule has 4 aliphatic rings. The minimum Gasteiger partial charge on any atom is -0.394 e. The van der Waals surface area contributed by atoms with E-state index in [1.165, 1.54) is 5.57 Å². The lowest BCUT2D eigenvalue weighted by Crippen LogP contribution is -2.61. The van der Waals surface area contributed by atoms with Gasteiger partial charge in [0.2, 0.25) is 0 Å². The molecule has 0 aromatic heterocycles. The highest BCUT2D eigenvalue weighted by Gasteiger charge is 2.59. The molecule has 7 nitrogen and oxygen atoms in total. The van der Waals surface area contributed by atoms with Crippen molar-refractivity contribution >= 4 is 5.78 Å². The second kappa shape index (κ2) is 8.85. The summed E-state index contributed by atoms with van der Waals surface area (Å²) < 4.78 is 11.4. The second-order valence-corrected chi connectivity index (χ2v) is 11.5. The molecule has 1 aliphatic heterocycles. The Bertz CT molecular complexity index is 808. The fraction of sp³-hybridized carbons (Fsp3) is 0.808. The largest absolute Gasteiger partial charge is 0.394 e. The highest BCUT2D eigenvalue weighted by Crippen LogP contribution is 2.63. The van der Waals surface area contributed by atoms with Gasteiger partial charge in [-0.1, -0.05) is 38.5 Å². The molecule has 1 unspecified atom stereocenters. The van der Waals surface area contributed by atoms with Gasteiger partial charge in [0.15, 0.2) is 6.29 Å². The van der Waals surface area contributed by atoms with Gasteiger partial charge in [0.05, 0.1) is 18.6 Å². The summed E-state index contributed by atoms with van der Waals surface area (Å²) in [5.74, 6) is 0.681. The van der Waals surface area contributed by atoms with Crippen molar-refractivity contribution in [2.75, 3.05) is 13.2 Å². The van der Waals surface area contributed by atoms with Gasteiger partial charge in [-0.05, 0) is 54.8 Å². The van der Waals surface area contributed by atoms with Crippen LogP contribution < -0.4 is 0 Å². The number of Topliss-reactive ketones (excluding diaryl/α,β-unsaturated/α-hetero) is 1. The molecule has 4 N–H and O–H groups in total. The maximum absolute atomic E-state index is 13.3. The number of hydrogen-bond acceptors (Lipinski definition) is 7. The zero-order valence-electron chi connectivity index (χ0n) is 20.1. The Labute approximate surface area is 196 Å². The van der Waals surface area contributed by atoms with E-state index in [4.69, 9.17) is 9.47 Å². The third kappa shape index (κ3) is 4.05. The molecule has 0 aromatic carbocycles. The summed E-state index contributed by atoms with van der Waals surface area (Å²) in [7, 11) is 0. The van der Waals surface area contributed by atoms with Crippen molar-refractivity contribution in [3.8, 4) is 0 Å². The van der Waals surface area contributed by atoms with Crippen LogP contribution in [0.3, 0.4) is 0 Å². The Hall–Kier alpha value is -1.09. The van der Waals surface area contributed by atoms with Crippen LogP contribution in [0.1, 0.15) is 59.3 Å². The third-order valence-corrected chi connectivity index (χ3v) is 9.45. The summed E-state index contributed by atoms with van der Waals surface area (Å²) in [5.41, 5.74) is 0.848. The fourth-order valence-corrected chi connectivity index (χ4v) is 7.10. The predicted molar refractivity (Wildman–Crippen MR) is 122 cm³/mol. The van der Waals surface area contributed by atoms with E-state index >= 15 is 0 Å². The SMILES string of the molecule is C=C[C@@]1(C)CC[C@H]2C(=CCC3[C@@](C)(CO[C@@H]4O[C@@H](CO)[C@H](O)[C@@H](O)[C@@H]4O)C(=O)CC[C@@]32C)C1. The standard InChI is InChI=1S/C26H40O7/c1-5-24(2)10-8-16-15(12-24)6-7-18-25(16,3)11-9-19(28)26(18,4)14-32-23-22(31)21(30)20(29)17(13-27)33-23/h5-6,16-18,20-23,27,29-31H,1,7-14H2,2-4H3/t16-,17-,18?,20-,21+,22-,23+,24-,25+,26+/m0/s1. The second-order valence-electron chi connectivity index (χ2n) is 11.5. The van der Waals surface area contributed by atoms with E-state index in [9.17, 15) is 25.2 Å². The zero-order chi connectivity index (χ0) is 24.2. The molecule has 0 aromatic rings. The monoisotopic (exact) mass is 464 g/mol. The van der Waals surface area contributed by atoms with Crippen molar-refractivity contribution in [2.45, 2.75) is 90.0 Å². The summed E-state index contributed by atoms with van der Waals surface area (Å²) in [6.07, 6.45) is 3.11. The molecule has 1 heterocycles. The number of ketones is 1. The number of carbonyl (C=O) groups is 1. The average molecular weight is 465 g/mol. The van der Waals surface area contributed by atoms with Crippen LogP contribution in [0.4, 0.5) is 0 Å². The number of fused-ring (bicyclic) bond motifs is 3. The first-order valence-corrected chi connectivity index (χ1v) is 12.3. The number of aliphatic hydroxyl groups is 4. The van der Waals surface area contributed by atoms with Crippen molar-refractivity contribution in [1.29, 1.82) is 0 Å². The highest BCUT2D eigenvalue weighted by molar-refractivity contribution is 5.86. The average Bonchev–Trinajstić information content (AvgIpc) is 2.80. The molecule has 3 aliphatic carbocycles. The highest BCUT2D eigenvalue weighted by atomic mass is 16.7. The van der Waals surface area contributed by atoms with Crippen LogP contribution in [-0.4, -0.2) is 70.1 Å². The molecule has 0 bridgehead atoms. The fourth-order valence-electron chi connectivity index (χ4n) is 7.10. The molecule has 0 spiro atoms. The van der Waals surface area contributed by atoms with Gasteiger partial charge in [0.25, 0.3) is 0 Å². The summed E-state index contributed by atoms with van der Waals surface area (Å²) >= 11 is 0. The van der Waals surface area contributed by atoms with Crippen molar-refractivity contribution in [2.24, 2.45) is 28.1 Å². The minimum atomic E-state index is -1.50. The zero-order valence-corrected chi connectivity index (χ0v) is 20.1. The van der Waals surface area contributed by atoms with Gasteiger partial charge in [-0.3, -0.25) is 4.79 Å². The number of allylic oxidation sites excluding steroid dienone is 3. The quantitative estimate of drug-likeness (QED) is 0.461. The molecule has 10 atom stereocenters. The van der Waals surface area contributed by atoms with Crippen LogP contribution >= 0.6 is 0 Å². The lowest BCUT2D eigenvalue weighted by molar-refractivity contribution is -0.307. The first-order chi connectivity index (χ1) is 15.5. The van der Waals surface area contributed by atoms with Gasteiger partial charge in [0.1, 0.15) is 30.2 Å². The van der Waals surface area contributed by atoms with Crippen molar-refractivity contribution in [3.63, 3.8) is 0 Å². The molecule has 1 saturated heterocycles. The maximum atomic E-state index is 13.3. The molecule has 0 amide bonds. The molecule has 33 heavy (non-hydrogen) atoms. The lowest BCUT2D eigenvalue weighted by atomic mass is 9.45. The van der Waals surface area contributed by atoms with Crippen LogP contribution in [-0.2, 0) is 14.3 Å². The molecule has 0 radical (unpaired) electrons. The summed E-state index contributed by atoms with van der Waals surface area (Å²) in [6, 6.07) is 0. The molecular formula is C26H40O7. The van der Waals surface area contributed by atoms with Gasteiger partial charge in [-0.25, -0.2) is 0 Å².